The molecule has 18 heteroatoms. The fraction of sp³-hybridized carbons (Fsp3) is 0.552. The number of ether oxygens (including phenoxy) is 2. The summed E-state index contributed by atoms with van der Waals surface area (Å²) >= 11 is 0. The summed E-state index contributed by atoms with van der Waals surface area (Å²) in [7, 11) is 0. The molecule has 416 valence electrons. The SMILES string of the molecule is CCCN(CC1CCN(C(=O)N2CCOCC2)CC1)C(C)Cc1cccc(NC(=O)c2cccnc2)c1.CCCN(CC1CCN(C(=O)N2CCOCC2)CC1)C(C)Cc1cccc(NC(=O)c2cccnc2)c1.Cl.Cl. The van der Waals surface area contributed by atoms with Crippen LogP contribution in [-0.4, -0.2) is 180 Å². The van der Waals surface area contributed by atoms with E-state index in [1.54, 1.807) is 49.1 Å². The van der Waals surface area contributed by atoms with Crippen LogP contribution >= 0.6 is 24.8 Å². The van der Waals surface area contributed by atoms with Crippen molar-refractivity contribution in [2.45, 2.75) is 91.1 Å². The third-order valence-electron chi connectivity index (χ3n) is 14.9. The average molecular weight is 1090 g/mol. The molecule has 2 aromatic heterocycles. The highest BCUT2D eigenvalue weighted by Crippen LogP contribution is 2.25. The van der Waals surface area contributed by atoms with Crippen LogP contribution in [0, 0.1) is 11.8 Å². The zero-order chi connectivity index (χ0) is 52.1. The van der Waals surface area contributed by atoms with E-state index in [0.29, 0.717) is 87.7 Å². The highest BCUT2D eigenvalue weighted by molar-refractivity contribution is 6.04. The second-order valence-corrected chi connectivity index (χ2v) is 20.5. The van der Waals surface area contributed by atoms with Gasteiger partial charge in [-0.05, 0) is 150 Å². The Morgan fingerprint density at radius 2 is 0.921 bits per heavy atom. The van der Waals surface area contributed by atoms with Crippen LogP contribution in [0.3, 0.4) is 0 Å². The molecule has 2 atom stereocenters. The van der Waals surface area contributed by atoms with Gasteiger partial charge >= 0.3 is 12.1 Å². The molecule has 0 bridgehead atoms. The normalized spacial score (nSPS) is 17.1. The number of halogens is 2. The van der Waals surface area contributed by atoms with Crippen LogP contribution in [0.25, 0.3) is 0 Å². The number of aromatic nitrogens is 2. The molecule has 4 aliphatic rings. The minimum atomic E-state index is -0.149. The van der Waals surface area contributed by atoms with Gasteiger partial charge < -0.3 is 49.5 Å². The fourth-order valence-electron chi connectivity index (χ4n) is 10.6. The Hall–Kier alpha value is -5.36. The first-order chi connectivity index (χ1) is 36.1. The molecule has 0 radical (unpaired) electrons. The Morgan fingerprint density at radius 1 is 0.553 bits per heavy atom. The number of morpholine rings is 2. The number of nitrogens with zero attached hydrogens (tertiary/aromatic N) is 8. The number of carbonyl (C=O) groups excluding carboxylic acids is 4. The number of piperidine rings is 2. The highest BCUT2D eigenvalue weighted by Gasteiger charge is 2.31. The quantitative estimate of drug-likeness (QED) is 0.0986. The predicted octanol–water partition coefficient (Wildman–Crippen LogP) is 9.13. The summed E-state index contributed by atoms with van der Waals surface area (Å²) in [5.74, 6) is 0.911. The summed E-state index contributed by atoms with van der Waals surface area (Å²) in [5.41, 5.74) is 5.13. The number of hydrogen-bond acceptors (Lipinski definition) is 10. The lowest BCUT2D eigenvalue weighted by Crippen LogP contribution is -2.51. The highest BCUT2D eigenvalue weighted by atomic mass is 35.5. The van der Waals surface area contributed by atoms with Gasteiger partial charge in [-0.15, -0.1) is 24.8 Å². The van der Waals surface area contributed by atoms with Crippen molar-refractivity contribution in [1.82, 2.24) is 39.4 Å². The van der Waals surface area contributed by atoms with Crippen LogP contribution in [0.4, 0.5) is 21.0 Å². The minimum absolute atomic E-state index is 0. The van der Waals surface area contributed by atoms with Crippen molar-refractivity contribution in [2.24, 2.45) is 11.8 Å². The van der Waals surface area contributed by atoms with Gasteiger partial charge in [0.2, 0.25) is 0 Å². The minimum Gasteiger partial charge on any atom is -0.378 e. The van der Waals surface area contributed by atoms with Crippen LogP contribution < -0.4 is 10.6 Å². The smallest absolute Gasteiger partial charge is 0.320 e. The Balaban J connectivity index is 0.000000274. The van der Waals surface area contributed by atoms with Gasteiger partial charge in [0.1, 0.15) is 0 Å². The van der Waals surface area contributed by atoms with Gasteiger partial charge in [-0.25, -0.2) is 9.59 Å². The number of anilines is 2. The molecule has 0 saturated carbocycles. The summed E-state index contributed by atoms with van der Waals surface area (Å²) in [5, 5.41) is 5.99. The molecule has 6 amide bonds. The molecule has 16 nitrogen and oxygen atoms in total. The van der Waals surface area contributed by atoms with E-state index in [0.717, 1.165) is 115 Å². The number of rotatable bonds is 18. The Kier molecular flexibility index (Phi) is 26.2. The van der Waals surface area contributed by atoms with Crippen molar-refractivity contribution in [3.05, 3.63) is 120 Å². The van der Waals surface area contributed by atoms with E-state index < -0.39 is 0 Å². The van der Waals surface area contributed by atoms with Crippen LogP contribution in [0.2, 0.25) is 0 Å². The Bertz CT molecular complexity index is 2180. The van der Waals surface area contributed by atoms with Crippen molar-refractivity contribution >= 4 is 60.1 Å². The molecule has 6 heterocycles. The number of hydrogen-bond donors (Lipinski definition) is 2. The molecule has 8 rings (SSSR count). The van der Waals surface area contributed by atoms with Gasteiger partial charge in [0.15, 0.2) is 0 Å². The van der Waals surface area contributed by atoms with Crippen LogP contribution in [0.1, 0.15) is 98.1 Å². The van der Waals surface area contributed by atoms with Crippen molar-refractivity contribution < 1.29 is 28.7 Å². The number of carbonyl (C=O) groups is 4. The molecule has 2 N–H and O–H groups in total. The number of pyridine rings is 2. The standard InChI is InChI=1S/2C29H41N5O3.2ClH/c2*1-3-12-34(22-24-9-13-32(14-10-24)29(36)33-15-17-37-18-16-33)23(2)19-25-6-4-8-27(20-25)31-28(35)26-7-5-11-30-21-26;;/h2*4-8,11,20-21,23-24H,3,9-10,12-19,22H2,1-2H3,(H,31,35);2*1H. The molecular formula is C58H84Cl2N10O6. The van der Waals surface area contributed by atoms with Gasteiger partial charge in [-0.1, -0.05) is 38.1 Å². The lowest BCUT2D eigenvalue weighted by Gasteiger charge is -2.39. The largest absolute Gasteiger partial charge is 0.378 e. The molecule has 4 saturated heterocycles. The summed E-state index contributed by atoms with van der Waals surface area (Å²) in [4.78, 5) is 71.9. The number of likely N-dealkylation sites (tertiary alicyclic amines) is 2. The molecular weight excluding hydrogens is 1000 g/mol. The van der Waals surface area contributed by atoms with Crippen molar-refractivity contribution in [2.75, 3.05) is 116 Å². The first-order valence-electron chi connectivity index (χ1n) is 27.4. The molecule has 0 spiro atoms. The summed E-state index contributed by atoms with van der Waals surface area (Å²) in [6, 6.07) is 24.5. The monoisotopic (exact) mass is 1090 g/mol. The van der Waals surface area contributed by atoms with Gasteiger partial charge in [0.25, 0.3) is 11.8 Å². The van der Waals surface area contributed by atoms with Gasteiger partial charge in [-0.2, -0.15) is 0 Å². The lowest BCUT2D eigenvalue weighted by molar-refractivity contribution is 0.0386. The van der Waals surface area contributed by atoms with Gasteiger partial charge in [0.05, 0.1) is 37.6 Å². The van der Waals surface area contributed by atoms with E-state index in [4.69, 9.17) is 9.47 Å². The molecule has 4 aliphatic heterocycles. The number of benzene rings is 2. The first-order valence-corrected chi connectivity index (χ1v) is 27.4. The maximum Gasteiger partial charge on any atom is 0.320 e. The van der Waals surface area contributed by atoms with E-state index in [1.165, 1.54) is 11.1 Å². The number of nitrogens with one attached hydrogen (secondary N) is 2. The van der Waals surface area contributed by atoms with E-state index >= 15 is 0 Å². The summed E-state index contributed by atoms with van der Waals surface area (Å²) in [6.45, 7) is 22.1. The summed E-state index contributed by atoms with van der Waals surface area (Å²) in [6.07, 6.45) is 14.8. The Morgan fingerprint density at radius 3 is 1.26 bits per heavy atom. The van der Waals surface area contributed by atoms with Crippen molar-refractivity contribution in [3.63, 3.8) is 0 Å². The van der Waals surface area contributed by atoms with E-state index in [-0.39, 0.29) is 48.7 Å². The maximum atomic E-state index is 12.8. The molecule has 0 aliphatic carbocycles. The third kappa shape index (κ3) is 19.0. The predicted molar refractivity (Wildman–Crippen MR) is 306 cm³/mol. The zero-order valence-electron chi connectivity index (χ0n) is 45.4. The topological polar surface area (TPSA) is 156 Å². The molecule has 2 unspecified atom stereocenters. The third-order valence-corrected chi connectivity index (χ3v) is 14.9. The fourth-order valence-corrected chi connectivity index (χ4v) is 10.6. The van der Waals surface area contributed by atoms with Crippen molar-refractivity contribution in [1.29, 1.82) is 0 Å². The van der Waals surface area contributed by atoms with Crippen LogP contribution in [0.5, 0.6) is 0 Å². The van der Waals surface area contributed by atoms with E-state index in [9.17, 15) is 19.2 Å². The molecule has 4 aromatic rings. The Labute approximate surface area is 464 Å². The van der Waals surface area contributed by atoms with Crippen LogP contribution in [0.15, 0.2) is 97.6 Å². The zero-order valence-corrected chi connectivity index (χ0v) is 47.0. The van der Waals surface area contributed by atoms with Gasteiger partial charge in [0, 0.05) is 114 Å². The first kappa shape index (κ1) is 61.5. The second-order valence-electron chi connectivity index (χ2n) is 20.5. The average Bonchev–Trinajstić information content (AvgIpc) is 3.44. The molecule has 4 fully saturated rings. The van der Waals surface area contributed by atoms with Crippen molar-refractivity contribution in [3.8, 4) is 0 Å². The molecule has 76 heavy (non-hydrogen) atoms. The lowest BCUT2D eigenvalue weighted by atomic mass is 9.95. The number of urea groups is 2. The summed E-state index contributed by atoms with van der Waals surface area (Å²) < 4.78 is 10.8. The van der Waals surface area contributed by atoms with Crippen LogP contribution in [-0.2, 0) is 22.3 Å². The van der Waals surface area contributed by atoms with E-state index in [1.807, 2.05) is 43.9 Å². The van der Waals surface area contributed by atoms with E-state index in [2.05, 4.69) is 82.4 Å². The molecule has 2 aromatic carbocycles. The number of amides is 6. The van der Waals surface area contributed by atoms with Gasteiger partial charge in [-0.3, -0.25) is 19.6 Å². The second kappa shape index (κ2) is 32.4. The maximum absolute atomic E-state index is 12.8.